The molecule has 0 saturated carbocycles. The minimum absolute atomic E-state index is 0.0407. The highest BCUT2D eigenvalue weighted by Crippen LogP contribution is 2.45. The van der Waals surface area contributed by atoms with Crippen molar-refractivity contribution in [1.29, 1.82) is 0 Å². The van der Waals surface area contributed by atoms with E-state index in [0.717, 1.165) is 11.1 Å². The van der Waals surface area contributed by atoms with Gasteiger partial charge in [-0.15, -0.1) is 0 Å². The molecule has 1 atom stereocenters. The highest BCUT2D eigenvalue weighted by molar-refractivity contribution is 8.16. The summed E-state index contributed by atoms with van der Waals surface area (Å²) in [5, 5.41) is 5.35. The summed E-state index contributed by atoms with van der Waals surface area (Å²) in [5.74, 6) is -1.21. The number of carbonyl (C=O) groups excluding carboxylic acids is 2. The van der Waals surface area contributed by atoms with Crippen LogP contribution in [0.1, 0.15) is 43.0 Å². The molecule has 1 amide bonds. The van der Waals surface area contributed by atoms with Gasteiger partial charge in [-0.2, -0.15) is 0 Å². The fourth-order valence-corrected chi connectivity index (χ4v) is 4.98. The minimum Gasteiger partial charge on any atom is -0.463 e. The Balaban J connectivity index is 1.66. The molecule has 0 radical (unpaired) electrons. The van der Waals surface area contributed by atoms with Gasteiger partial charge >= 0.3 is 5.97 Å². The number of ether oxygens (including phenoxy) is 1. The number of benzene rings is 2. The van der Waals surface area contributed by atoms with Gasteiger partial charge < -0.3 is 15.0 Å². The molecule has 0 spiro atoms. The smallest absolute Gasteiger partial charge is 0.338 e. The zero-order chi connectivity index (χ0) is 24.4. The molecular weight excluding hydrogens is 453 g/mol. The van der Waals surface area contributed by atoms with Gasteiger partial charge in [0.25, 0.3) is 0 Å². The van der Waals surface area contributed by atoms with Crippen LogP contribution >= 0.6 is 11.8 Å². The maximum Gasteiger partial charge on any atom is 0.338 e. The second-order valence-electron chi connectivity index (χ2n) is 8.16. The van der Waals surface area contributed by atoms with E-state index in [4.69, 9.17) is 4.74 Å². The Morgan fingerprint density at radius 3 is 2.62 bits per heavy atom. The van der Waals surface area contributed by atoms with Crippen LogP contribution in [0.15, 0.2) is 69.8 Å². The molecule has 0 fully saturated rings. The number of fused-ring (bicyclic) bond motifs is 1. The van der Waals surface area contributed by atoms with E-state index in [-0.39, 0.29) is 24.5 Å². The summed E-state index contributed by atoms with van der Waals surface area (Å²) >= 11 is 1.35. The standard InChI is InChI=1S/C26H26FN3O3S/c1-5-33-25(32)23-17(4)28-26-30(24(23)20-8-6-7-9-21(20)27)19(14-34-26)13-22(31)29-18-11-10-15(2)16(3)12-18/h6-12,14,24H,5,13H2,1-4H3,(H,29,31). The number of esters is 1. The van der Waals surface area contributed by atoms with Crippen LogP contribution in [0.2, 0.25) is 0 Å². The first-order chi connectivity index (χ1) is 16.3. The Bertz CT molecular complexity index is 1250. The summed E-state index contributed by atoms with van der Waals surface area (Å²) < 4.78 is 20.3. The number of nitrogens with one attached hydrogen (secondary N) is 1. The summed E-state index contributed by atoms with van der Waals surface area (Å²) in [4.78, 5) is 32.2. The van der Waals surface area contributed by atoms with E-state index in [1.807, 2.05) is 37.5 Å². The molecule has 2 aliphatic heterocycles. The topological polar surface area (TPSA) is 71.0 Å². The lowest BCUT2D eigenvalue weighted by Crippen LogP contribution is -2.38. The normalized spacial score (nSPS) is 17.2. The highest BCUT2D eigenvalue weighted by Gasteiger charge is 2.42. The van der Waals surface area contributed by atoms with Crippen molar-refractivity contribution in [2.24, 2.45) is 4.99 Å². The van der Waals surface area contributed by atoms with E-state index in [9.17, 15) is 14.0 Å². The maximum atomic E-state index is 15.0. The Hall–Kier alpha value is -3.39. The molecule has 2 heterocycles. The first-order valence-corrected chi connectivity index (χ1v) is 11.9. The number of hydrogen-bond acceptors (Lipinski definition) is 6. The summed E-state index contributed by atoms with van der Waals surface area (Å²) in [5.41, 5.74) is 4.62. The zero-order valence-electron chi connectivity index (χ0n) is 19.5. The van der Waals surface area contributed by atoms with E-state index in [0.29, 0.717) is 27.8 Å². The molecule has 34 heavy (non-hydrogen) atoms. The monoisotopic (exact) mass is 479 g/mol. The van der Waals surface area contributed by atoms with Gasteiger partial charge in [0.15, 0.2) is 5.17 Å². The fourth-order valence-electron chi connectivity index (χ4n) is 4.02. The van der Waals surface area contributed by atoms with Crippen LogP contribution in [0.25, 0.3) is 0 Å². The van der Waals surface area contributed by atoms with Gasteiger partial charge in [-0.25, -0.2) is 14.2 Å². The number of thioether (sulfide) groups is 1. The van der Waals surface area contributed by atoms with Crippen molar-refractivity contribution in [1.82, 2.24) is 4.90 Å². The molecule has 6 nitrogen and oxygen atoms in total. The van der Waals surface area contributed by atoms with Crippen molar-refractivity contribution in [3.05, 3.63) is 87.3 Å². The predicted octanol–water partition coefficient (Wildman–Crippen LogP) is 5.61. The third-order valence-corrected chi connectivity index (χ3v) is 6.72. The molecule has 1 unspecified atom stereocenters. The number of hydrogen-bond donors (Lipinski definition) is 1. The lowest BCUT2D eigenvalue weighted by molar-refractivity contribution is -0.139. The molecular formula is C26H26FN3O3S. The number of halogens is 1. The van der Waals surface area contributed by atoms with E-state index in [2.05, 4.69) is 10.3 Å². The van der Waals surface area contributed by atoms with Gasteiger partial charge in [0, 0.05) is 16.9 Å². The number of rotatable bonds is 6. The average Bonchev–Trinajstić information content (AvgIpc) is 3.17. The highest BCUT2D eigenvalue weighted by atomic mass is 32.2. The third-order valence-electron chi connectivity index (χ3n) is 5.83. The van der Waals surface area contributed by atoms with Gasteiger partial charge in [-0.1, -0.05) is 36.0 Å². The Labute approximate surface area is 202 Å². The molecule has 0 aromatic heterocycles. The molecule has 176 valence electrons. The molecule has 4 rings (SSSR count). The van der Waals surface area contributed by atoms with Crippen molar-refractivity contribution in [2.45, 2.75) is 40.2 Å². The molecule has 0 bridgehead atoms. The molecule has 2 aromatic carbocycles. The number of amides is 1. The number of allylic oxidation sites excluding steroid dienone is 1. The number of amidine groups is 1. The van der Waals surface area contributed by atoms with E-state index < -0.39 is 17.8 Å². The maximum absolute atomic E-state index is 15.0. The lowest BCUT2D eigenvalue weighted by atomic mass is 9.93. The predicted molar refractivity (Wildman–Crippen MR) is 133 cm³/mol. The van der Waals surface area contributed by atoms with E-state index >= 15 is 0 Å². The van der Waals surface area contributed by atoms with Crippen LogP contribution in [0, 0.1) is 19.7 Å². The van der Waals surface area contributed by atoms with E-state index in [1.54, 1.807) is 36.9 Å². The van der Waals surface area contributed by atoms with Gasteiger partial charge in [0.2, 0.25) is 5.91 Å². The molecule has 0 aliphatic carbocycles. The van der Waals surface area contributed by atoms with Crippen LogP contribution in [0.4, 0.5) is 10.1 Å². The Morgan fingerprint density at radius 1 is 1.15 bits per heavy atom. The molecule has 2 aromatic rings. The number of anilines is 1. The van der Waals surface area contributed by atoms with Crippen molar-refractivity contribution < 1.29 is 18.7 Å². The van der Waals surface area contributed by atoms with Crippen LogP contribution in [-0.2, 0) is 14.3 Å². The minimum atomic E-state index is -0.789. The van der Waals surface area contributed by atoms with Crippen LogP contribution < -0.4 is 5.32 Å². The van der Waals surface area contributed by atoms with Gasteiger partial charge in [-0.3, -0.25) is 4.79 Å². The second-order valence-corrected chi connectivity index (χ2v) is 9.00. The second kappa shape index (κ2) is 9.85. The molecule has 1 N–H and O–H groups in total. The van der Waals surface area contributed by atoms with Crippen LogP contribution in [0.5, 0.6) is 0 Å². The van der Waals surface area contributed by atoms with Crippen molar-refractivity contribution in [2.75, 3.05) is 11.9 Å². The zero-order valence-corrected chi connectivity index (χ0v) is 20.3. The number of aryl methyl sites for hydroxylation is 2. The van der Waals surface area contributed by atoms with E-state index in [1.165, 1.54) is 17.8 Å². The van der Waals surface area contributed by atoms with Crippen LogP contribution in [0.3, 0.4) is 0 Å². The third kappa shape index (κ3) is 4.63. The van der Waals surface area contributed by atoms with Crippen molar-refractivity contribution in [3.63, 3.8) is 0 Å². The van der Waals surface area contributed by atoms with Gasteiger partial charge in [0.1, 0.15) is 5.82 Å². The first-order valence-electron chi connectivity index (χ1n) is 11.0. The molecule has 2 aliphatic rings. The quantitative estimate of drug-likeness (QED) is 0.546. The lowest BCUT2D eigenvalue weighted by Gasteiger charge is -2.36. The Kier molecular flexibility index (Phi) is 6.88. The average molecular weight is 480 g/mol. The van der Waals surface area contributed by atoms with Gasteiger partial charge in [-0.05, 0) is 62.4 Å². The van der Waals surface area contributed by atoms with Crippen molar-refractivity contribution in [3.8, 4) is 0 Å². The molecule has 8 heteroatoms. The summed E-state index contributed by atoms with van der Waals surface area (Å²) in [6.07, 6.45) is 0.0407. The summed E-state index contributed by atoms with van der Waals surface area (Å²) in [6, 6.07) is 11.3. The Morgan fingerprint density at radius 2 is 1.91 bits per heavy atom. The first kappa shape index (κ1) is 23.8. The van der Waals surface area contributed by atoms with Crippen LogP contribution in [-0.4, -0.2) is 28.6 Å². The number of aliphatic imine (C=N–C) groups is 1. The summed E-state index contributed by atoms with van der Waals surface area (Å²) in [7, 11) is 0. The number of nitrogens with zero attached hydrogens (tertiary/aromatic N) is 2. The number of carbonyl (C=O) groups is 2. The largest absolute Gasteiger partial charge is 0.463 e. The van der Waals surface area contributed by atoms with Crippen molar-refractivity contribution >= 4 is 34.5 Å². The molecule has 0 saturated heterocycles. The van der Waals surface area contributed by atoms with Gasteiger partial charge in [0.05, 0.1) is 30.3 Å². The SMILES string of the molecule is CCOC(=O)C1=C(C)N=C2SC=C(CC(=O)Nc3ccc(C)c(C)c3)N2C1c1ccccc1F. The fraction of sp³-hybridized carbons (Fsp3) is 0.269. The summed E-state index contributed by atoms with van der Waals surface area (Å²) in [6.45, 7) is 7.62.